The zero-order chi connectivity index (χ0) is 15.2. The molecule has 1 amide bonds. The molecule has 0 atom stereocenters. The number of aromatic nitrogens is 1. The molecule has 0 aliphatic heterocycles. The zero-order valence-corrected chi connectivity index (χ0v) is 12.9. The first-order valence-electron chi connectivity index (χ1n) is 6.20. The molecule has 1 N–H and O–H groups in total. The fourth-order valence-electron chi connectivity index (χ4n) is 1.61. The molecule has 21 heavy (non-hydrogen) atoms. The Balaban J connectivity index is 1.87. The molecule has 0 bridgehead atoms. The predicted molar refractivity (Wildman–Crippen MR) is 82.0 cm³/mol. The number of anilines is 1. The van der Waals surface area contributed by atoms with Gasteiger partial charge >= 0.3 is 5.97 Å². The number of nitrogens with zero attached hydrogens (tertiary/aromatic N) is 1. The van der Waals surface area contributed by atoms with Crippen LogP contribution in [-0.2, 0) is 9.53 Å². The van der Waals surface area contributed by atoms with Crippen molar-refractivity contribution >= 4 is 33.5 Å². The molecular formula is C15H13BrN2O3. The van der Waals surface area contributed by atoms with Crippen molar-refractivity contribution in [1.82, 2.24) is 4.98 Å². The maximum Gasteiger partial charge on any atom is 0.357 e. The summed E-state index contributed by atoms with van der Waals surface area (Å²) in [6.45, 7) is 1.56. The van der Waals surface area contributed by atoms with Gasteiger partial charge in [0, 0.05) is 16.4 Å². The van der Waals surface area contributed by atoms with Crippen LogP contribution in [0.25, 0.3) is 0 Å². The minimum atomic E-state index is -0.627. The lowest BCUT2D eigenvalue weighted by Gasteiger charge is -2.07. The van der Waals surface area contributed by atoms with Crippen LogP contribution in [0.1, 0.15) is 16.1 Å². The van der Waals surface area contributed by atoms with Crippen molar-refractivity contribution in [2.45, 2.75) is 6.92 Å². The summed E-state index contributed by atoms with van der Waals surface area (Å²) in [6, 6.07) is 10.3. The largest absolute Gasteiger partial charge is 0.451 e. The third kappa shape index (κ3) is 4.39. The van der Waals surface area contributed by atoms with Gasteiger partial charge in [-0.25, -0.2) is 9.78 Å². The Morgan fingerprint density at radius 3 is 2.76 bits per heavy atom. The number of pyridine rings is 1. The first kappa shape index (κ1) is 15.2. The molecule has 0 aliphatic rings. The van der Waals surface area contributed by atoms with E-state index in [4.69, 9.17) is 4.74 Å². The van der Waals surface area contributed by atoms with Gasteiger partial charge in [-0.3, -0.25) is 4.79 Å². The van der Waals surface area contributed by atoms with Crippen LogP contribution in [0, 0.1) is 6.92 Å². The molecule has 1 heterocycles. The molecule has 2 aromatic rings. The summed E-state index contributed by atoms with van der Waals surface area (Å²) in [5, 5.41) is 2.66. The van der Waals surface area contributed by atoms with Crippen LogP contribution in [0.15, 0.2) is 47.1 Å². The Hall–Kier alpha value is -2.21. The molecular weight excluding hydrogens is 336 g/mol. The van der Waals surface area contributed by atoms with Gasteiger partial charge in [0.15, 0.2) is 6.61 Å². The van der Waals surface area contributed by atoms with E-state index < -0.39 is 11.9 Å². The summed E-state index contributed by atoms with van der Waals surface area (Å²) < 4.78 is 5.85. The lowest BCUT2D eigenvalue weighted by atomic mass is 10.2. The van der Waals surface area contributed by atoms with Crippen molar-refractivity contribution in [2.24, 2.45) is 0 Å². The highest BCUT2D eigenvalue weighted by molar-refractivity contribution is 9.10. The lowest BCUT2D eigenvalue weighted by Crippen LogP contribution is -2.21. The molecule has 0 saturated carbocycles. The number of carbonyl (C=O) groups excluding carboxylic acids is 2. The number of hydrogen-bond acceptors (Lipinski definition) is 4. The Morgan fingerprint density at radius 2 is 2.10 bits per heavy atom. The first-order chi connectivity index (χ1) is 10.1. The second kappa shape index (κ2) is 6.99. The molecule has 0 fully saturated rings. The second-order valence-electron chi connectivity index (χ2n) is 4.30. The Bertz CT molecular complexity index is 659. The van der Waals surface area contributed by atoms with Crippen molar-refractivity contribution in [3.8, 4) is 0 Å². The SMILES string of the molecule is Cc1cc(NC(=O)COC(=O)c2ccccn2)ccc1Br. The number of rotatable bonds is 4. The van der Waals surface area contributed by atoms with Gasteiger partial charge in [0.1, 0.15) is 5.69 Å². The van der Waals surface area contributed by atoms with Crippen molar-refractivity contribution in [1.29, 1.82) is 0 Å². The monoisotopic (exact) mass is 348 g/mol. The maximum absolute atomic E-state index is 11.7. The molecule has 6 heteroatoms. The van der Waals surface area contributed by atoms with Crippen molar-refractivity contribution in [2.75, 3.05) is 11.9 Å². The van der Waals surface area contributed by atoms with Crippen molar-refractivity contribution in [3.05, 3.63) is 58.3 Å². The minimum absolute atomic E-state index is 0.171. The van der Waals surface area contributed by atoms with Gasteiger partial charge in [-0.2, -0.15) is 0 Å². The number of carbonyl (C=O) groups is 2. The first-order valence-corrected chi connectivity index (χ1v) is 7.00. The van der Waals surface area contributed by atoms with E-state index in [-0.39, 0.29) is 12.3 Å². The van der Waals surface area contributed by atoms with E-state index in [0.717, 1.165) is 10.0 Å². The summed E-state index contributed by atoms with van der Waals surface area (Å²) in [5.41, 5.74) is 1.82. The Morgan fingerprint density at radius 1 is 1.29 bits per heavy atom. The van der Waals surface area contributed by atoms with Gasteiger partial charge in [0.2, 0.25) is 0 Å². The average molecular weight is 349 g/mol. The molecule has 5 nitrogen and oxygen atoms in total. The fraction of sp³-hybridized carbons (Fsp3) is 0.133. The molecule has 1 aromatic carbocycles. The third-order valence-electron chi connectivity index (χ3n) is 2.65. The summed E-state index contributed by atoms with van der Waals surface area (Å²) in [6.07, 6.45) is 1.49. The number of halogens is 1. The molecule has 0 unspecified atom stereocenters. The molecule has 108 valence electrons. The summed E-state index contributed by atoms with van der Waals surface area (Å²) in [7, 11) is 0. The van der Waals surface area contributed by atoms with E-state index in [0.29, 0.717) is 5.69 Å². The molecule has 0 saturated heterocycles. The van der Waals surface area contributed by atoms with Crippen LogP contribution in [0.5, 0.6) is 0 Å². The highest BCUT2D eigenvalue weighted by atomic mass is 79.9. The Kier molecular flexibility index (Phi) is 5.05. The van der Waals surface area contributed by atoms with Crippen LogP contribution in [0.3, 0.4) is 0 Å². The quantitative estimate of drug-likeness (QED) is 0.862. The van der Waals surface area contributed by atoms with Gasteiger partial charge in [0.25, 0.3) is 5.91 Å². The van der Waals surface area contributed by atoms with Crippen LogP contribution in [0.4, 0.5) is 5.69 Å². The van der Waals surface area contributed by atoms with Gasteiger partial charge in [-0.1, -0.05) is 22.0 Å². The zero-order valence-electron chi connectivity index (χ0n) is 11.3. The van der Waals surface area contributed by atoms with E-state index in [1.807, 2.05) is 19.1 Å². The maximum atomic E-state index is 11.7. The van der Waals surface area contributed by atoms with E-state index in [9.17, 15) is 9.59 Å². The number of esters is 1. The topological polar surface area (TPSA) is 68.3 Å². The fourth-order valence-corrected chi connectivity index (χ4v) is 1.85. The lowest BCUT2D eigenvalue weighted by molar-refractivity contribution is -0.119. The van der Waals surface area contributed by atoms with Gasteiger partial charge in [-0.15, -0.1) is 0 Å². The number of benzene rings is 1. The minimum Gasteiger partial charge on any atom is -0.451 e. The van der Waals surface area contributed by atoms with Gasteiger partial charge in [-0.05, 0) is 42.8 Å². The molecule has 0 spiro atoms. The smallest absolute Gasteiger partial charge is 0.357 e. The van der Waals surface area contributed by atoms with E-state index in [2.05, 4.69) is 26.2 Å². The normalized spacial score (nSPS) is 10.0. The van der Waals surface area contributed by atoms with Crippen molar-refractivity contribution in [3.63, 3.8) is 0 Å². The van der Waals surface area contributed by atoms with Crippen LogP contribution in [0.2, 0.25) is 0 Å². The van der Waals surface area contributed by atoms with Crippen LogP contribution >= 0.6 is 15.9 Å². The summed E-state index contributed by atoms with van der Waals surface area (Å²) in [5.74, 6) is -1.03. The summed E-state index contributed by atoms with van der Waals surface area (Å²) >= 11 is 3.38. The summed E-state index contributed by atoms with van der Waals surface area (Å²) in [4.78, 5) is 27.2. The standard InChI is InChI=1S/C15H13BrN2O3/c1-10-8-11(5-6-12(10)16)18-14(19)9-21-15(20)13-4-2-3-7-17-13/h2-8H,9H2,1H3,(H,18,19). The molecule has 0 radical (unpaired) electrons. The average Bonchev–Trinajstić information content (AvgIpc) is 2.49. The number of hydrogen-bond donors (Lipinski definition) is 1. The highest BCUT2D eigenvalue weighted by Crippen LogP contribution is 2.19. The third-order valence-corrected chi connectivity index (χ3v) is 3.54. The van der Waals surface area contributed by atoms with E-state index >= 15 is 0 Å². The number of aryl methyl sites for hydroxylation is 1. The second-order valence-corrected chi connectivity index (χ2v) is 5.16. The predicted octanol–water partition coefficient (Wildman–Crippen LogP) is 2.95. The number of ether oxygens (including phenoxy) is 1. The van der Waals surface area contributed by atoms with Crippen LogP contribution in [-0.4, -0.2) is 23.5 Å². The molecule has 0 aliphatic carbocycles. The van der Waals surface area contributed by atoms with E-state index in [1.54, 1.807) is 18.2 Å². The van der Waals surface area contributed by atoms with E-state index in [1.165, 1.54) is 12.3 Å². The molecule has 2 rings (SSSR count). The van der Waals surface area contributed by atoms with Gasteiger partial charge < -0.3 is 10.1 Å². The Labute approximate surface area is 130 Å². The van der Waals surface area contributed by atoms with Gasteiger partial charge in [0.05, 0.1) is 0 Å². The highest BCUT2D eigenvalue weighted by Gasteiger charge is 2.11. The van der Waals surface area contributed by atoms with Crippen LogP contribution < -0.4 is 5.32 Å². The molecule has 1 aromatic heterocycles. The number of nitrogens with one attached hydrogen (secondary N) is 1. The van der Waals surface area contributed by atoms with Crippen molar-refractivity contribution < 1.29 is 14.3 Å². The number of amides is 1.